The van der Waals surface area contributed by atoms with E-state index in [1.54, 1.807) is 44.9 Å². The fourth-order valence-corrected chi connectivity index (χ4v) is 4.87. The highest BCUT2D eigenvalue weighted by Crippen LogP contribution is 2.37. The van der Waals surface area contributed by atoms with Crippen LogP contribution in [0, 0.1) is 0 Å². The van der Waals surface area contributed by atoms with Crippen LogP contribution in [0.1, 0.15) is 43.9 Å². The first-order chi connectivity index (χ1) is 19.9. The summed E-state index contributed by atoms with van der Waals surface area (Å²) in [6.45, 7) is 4.90. The summed E-state index contributed by atoms with van der Waals surface area (Å²) in [5.74, 6) is 0.0609. The van der Waals surface area contributed by atoms with Crippen molar-refractivity contribution in [3.05, 3.63) is 59.7 Å². The SMILES string of the molecule is COC[C@@H]1C[C@H](N(Cc2cc(C(F)(F)F)cc(C(F)(F)F)c2)c2ncc(-c3cnn(C)c3)cn2)CN1C(=O)OC(C)(C)C. The molecule has 4 rings (SSSR count). The molecule has 0 saturated carbocycles. The molecule has 0 unspecified atom stereocenters. The molecule has 1 saturated heterocycles. The number of carbonyl (C=O) groups is 1. The third kappa shape index (κ3) is 7.94. The highest BCUT2D eigenvalue weighted by atomic mass is 19.4. The summed E-state index contributed by atoms with van der Waals surface area (Å²) in [4.78, 5) is 24.9. The Morgan fingerprint density at radius 2 is 1.58 bits per heavy atom. The molecule has 3 aromatic rings. The van der Waals surface area contributed by atoms with Gasteiger partial charge in [0.2, 0.25) is 5.95 Å². The van der Waals surface area contributed by atoms with Gasteiger partial charge in [-0.05, 0) is 51.0 Å². The van der Waals surface area contributed by atoms with Crippen LogP contribution < -0.4 is 4.90 Å². The molecule has 2 atom stereocenters. The van der Waals surface area contributed by atoms with E-state index >= 15 is 0 Å². The first-order valence-corrected chi connectivity index (χ1v) is 13.3. The van der Waals surface area contributed by atoms with Crippen molar-refractivity contribution < 1.29 is 40.6 Å². The minimum Gasteiger partial charge on any atom is -0.444 e. The Hall–Kier alpha value is -3.88. The lowest BCUT2D eigenvalue weighted by Gasteiger charge is -2.30. The van der Waals surface area contributed by atoms with E-state index in [1.807, 2.05) is 0 Å². The van der Waals surface area contributed by atoms with E-state index in [0.717, 1.165) is 0 Å². The van der Waals surface area contributed by atoms with Gasteiger partial charge < -0.3 is 19.3 Å². The molecule has 0 radical (unpaired) electrons. The van der Waals surface area contributed by atoms with Crippen LogP contribution in [0.15, 0.2) is 43.0 Å². The van der Waals surface area contributed by atoms with Crippen molar-refractivity contribution in [1.82, 2.24) is 24.6 Å². The van der Waals surface area contributed by atoms with Crippen LogP contribution in [-0.4, -0.2) is 68.7 Å². The van der Waals surface area contributed by atoms with Crippen LogP contribution in [0.25, 0.3) is 11.1 Å². The van der Waals surface area contributed by atoms with Crippen molar-refractivity contribution in [3.63, 3.8) is 0 Å². The predicted octanol–water partition coefficient (Wildman–Crippen LogP) is 5.95. The number of methoxy groups -OCH3 is 1. The van der Waals surface area contributed by atoms with Crippen molar-refractivity contribution in [2.45, 2.75) is 63.8 Å². The van der Waals surface area contributed by atoms with Gasteiger partial charge in [-0.15, -0.1) is 0 Å². The topological polar surface area (TPSA) is 85.6 Å². The fourth-order valence-electron chi connectivity index (χ4n) is 4.87. The Labute approximate surface area is 244 Å². The molecule has 0 spiro atoms. The number of aryl methyl sites for hydroxylation is 1. The number of hydrogen-bond acceptors (Lipinski definition) is 7. The van der Waals surface area contributed by atoms with E-state index in [2.05, 4.69) is 15.1 Å². The number of benzene rings is 1. The van der Waals surface area contributed by atoms with Gasteiger partial charge in [0.15, 0.2) is 0 Å². The molecule has 1 aliphatic heterocycles. The number of rotatable bonds is 7. The third-order valence-electron chi connectivity index (χ3n) is 6.75. The Balaban J connectivity index is 1.75. The number of alkyl halides is 6. The summed E-state index contributed by atoms with van der Waals surface area (Å²) in [6.07, 6.45) is -4.04. The fraction of sp³-hybridized carbons (Fsp3) is 0.500. The number of hydrogen-bond donors (Lipinski definition) is 0. The molecule has 1 aliphatic rings. The van der Waals surface area contributed by atoms with E-state index in [4.69, 9.17) is 9.47 Å². The Kier molecular flexibility index (Phi) is 8.95. The van der Waals surface area contributed by atoms with E-state index in [1.165, 1.54) is 29.3 Å². The van der Waals surface area contributed by atoms with Gasteiger partial charge in [-0.2, -0.15) is 31.4 Å². The number of anilines is 1. The lowest BCUT2D eigenvalue weighted by Crippen LogP contribution is -2.43. The maximum Gasteiger partial charge on any atom is 0.416 e. The molecule has 43 heavy (non-hydrogen) atoms. The van der Waals surface area contributed by atoms with Crippen LogP contribution in [0.2, 0.25) is 0 Å². The molecule has 3 heterocycles. The van der Waals surface area contributed by atoms with E-state index in [0.29, 0.717) is 23.3 Å². The Morgan fingerprint density at radius 3 is 2.07 bits per heavy atom. The molecule has 234 valence electrons. The summed E-state index contributed by atoms with van der Waals surface area (Å²) >= 11 is 0. The molecule has 1 aromatic carbocycles. The largest absolute Gasteiger partial charge is 0.444 e. The van der Waals surface area contributed by atoms with Crippen LogP contribution in [0.3, 0.4) is 0 Å². The Morgan fingerprint density at radius 1 is 0.977 bits per heavy atom. The van der Waals surface area contributed by atoms with Gasteiger partial charge in [0.05, 0.1) is 36.0 Å². The Bertz CT molecular complexity index is 1390. The average Bonchev–Trinajstić information content (AvgIpc) is 3.52. The van der Waals surface area contributed by atoms with Crippen molar-refractivity contribution in [2.75, 3.05) is 25.2 Å². The second-order valence-electron chi connectivity index (χ2n) is 11.3. The predicted molar refractivity (Wildman–Crippen MR) is 144 cm³/mol. The first kappa shape index (κ1) is 32.0. The number of amides is 1. The highest BCUT2D eigenvalue weighted by molar-refractivity contribution is 5.69. The quantitative estimate of drug-likeness (QED) is 0.305. The molecule has 9 nitrogen and oxygen atoms in total. The highest BCUT2D eigenvalue weighted by Gasteiger charge is 2.42. The van der Waals surface area contributed by atoms with Gasteiger partial charge in [-0.3, -0.25) is 4.68 Å². The van der Waals surface area contributed by atoms with Gasteiger partial charge in [-0.25, -0.2) is 14.8 Å². The summed E-state index contributed by atoms with van der Waals surface area (Å²) < 4.78 is 94.2. The summed E-state index contributed by atoms with van der Waals surface area (Å²) in [7, 11) is 3.19. The van der Waals surface area contributed by atoms with E-state index in [9.17, 15) is 31.1 Å². The van der Waals surface area contributed by atoms with Gasteiger partial charge in [-0.1, -0.05) is 0 Å². The smallest absolute Gasteiger partial charge is 0.416 e. The molecule has 15 heteroatoms. The zero-order valence-electron chi connectivity index (χ0n) is 24.2. The van der Waals surface area contributed by atoms with Gasteiger partial charge in [0.25, 0.3) is 0 Å². The zero-order chi connectivity index (χ0) is 31.7. The summed E-state index contributed by atoms with van der Waals surface area (Å²) in [5, 5.41) is 4.11. The number of nitrogens with zero attached hydrogens (tertiary/aromatic N) is 6. The van der Waals surface area contributed by atoms with Crippen LogP contribution in [0.5, 0.6) is 0 Å². The molecular weight excluding hydrogens is 582 g/mol. The number of aromatic nitrogens is 4. The third-order valence-corrected chi connectivity index (χ3v) is 6.75. The van der Waals surface area contributed by atoms with Gasteiger partial charge in [0, 0.05) is 57.0 Å². The second kappa shape index (κ2) is 12.0. The standard InChI is InChI=1S/C28H32F6N6O3/c1-26(2,3)43-25(41)40-15-22(9-23(40)16-42-5)39(24-35-10-18(11-36-24)19-12-37-38(4)14-19)13-17-6-20(27(29,30)31)8-21(7-17)28(32,33)34/h6-8,10-12,14,22-23H,9,13,15-16H2,1-5H3/t22-,23-/m0/s1. The molecule has 0 aliphatic carbocycles. The number of halogens is 6. The zero-order valence-corrected chi connectivity index (χ0v) is 24.2. The first-order valence-electron chi connectivity index (χ1n) is 13.3. The minimum absolute atomic E-state index is 0.0434. The lowest BCUT2D eigenvalue weighted by atomic mass is 10.0. The number of likely N-dealkylation sites (tertiary alicyclic amines) is 1. The minimum atomic E-state index is -5.01. The maximum atomic E-state index is 13.6. The van der Waals surface area contributed by atoms with Crippen molar-refractivity contribution >= 4 is 12.0 Å². The van der Waals surface area contributed by atoms with Crippen molar-refractivity contribution in [2.24, 2.45) is 7.05 Å². The van der Waals surface area contributed by atoms with Crippen molar-refractivity contribution in [3.8, 4) is 11.1 Å². The average molecular weight is 615 g/mol. The molecule has 1 fully saturated rings. The van der Waals surface area contributed by atoms with E-state index in [-0.39, 0.29) is 37.2 Å². The monoisotopic (exact) mass is 614 g/mol. The molecule has 1 amide bonds. The number of carbonyl (C=O) groups excluding carboxylic acids is 1. The molecular formula is C28H32F6N6O3. The summed E-state index contributed by atoms with van der Waals surface area (Å²) in [6, 6.07) is 0.371. The lowest BCUT2D eigenvalue weighted by molar-refractivity contribution is -0.143. The number of ether oxygens (including phenoxy) is 2. The summed E-state index contributed by atoms with van der Waals surface area (Å²) in [5.41, 5.74) is -2.59. The van der Waals surface area contributed by atoms with Crippen LogP contribution >= 0.6 is 0 Å². The van der Waals surface area contributed by atoms with Crippen LogP contribution in [0.4, 0.5) is 37.1 Å². The van der Waals surface area contributed by atoms with Gasteiger partial charge >= 0.3 is 18.4 Å². The second-order valence-corrected chi connectivity index (χ2v) is 11.3. The molecule has 2 aromatic heterocycles. The molecule has 0 N–H and O–H groups in total. The molecule has 0 bridgehead atoms. The maximum absolute atomic E-state index is 13.6. The van der Waals surface area contributed by atoms with E-state index < -0.39 is 53.8 Å². The normalized spacial score (nSPS) is 17.8. The van der Waals surface area contributed by atoms with Crippen molar-refractivity contribution in [1.29, 1.82) is 0 Å². The van der Waals surface area contributed by atoms with Crippen LogP contribution in [-0.2, 0) is 35.4 Å². The van der Waals surface area contributed by atoms with Gasteiger partial charge in [0.1, 0.15) is 5.60 Å².